The number of likely N-dealkylation sites (tertiary alicyclic amines) is 1. The smallest absolute Gasteiger partial charge is 0.282 e. The molecule has 1 N–H and O–H groups in total. The molecule has 1 aromatic heterocycles. The Hall–Kier alpha value is -2.24. The zero-order valence-corrected chi connectivity index (χ0v) is 16.9. The Labute approximate surface area is 169 Å². The molecular weight excluding hydrogens is 366 g/mol. The van der Waals surface area contributed by atoms with E-state index in [0.29, 0.717) is 12.5 Å². The van der Waals surface area contributed by atoms with Crippen LogP contribution >= 0.6 is 11.3 Å². The van der Waals surface area contributed by atoms with E-state index in [1.54, 1.807) is 0 Å². The van der Waals surface area contributed by atoms with Gasteiger partial charge in [0, 0.05) is 31.0 Å². The number of nitrogens with zero attached hydrogens (tertiary/aromatic N) is 2. The minimum atomic E-state index is 0.278. The predicted molar refractivity (Wildman–Crippen MR) is 114 cm³/mol. The number of rotatable bonds is 3. The maximum atomic E-state index is 13.0. The van der Waals surface area contributed by atoms with Gasteiger partial charge in [-0.25, -0.2) is 4.98 Å². The Kier molecular flexibility index (Phi) is 4.87. The van der Waals surface area contributed by atoms with Crippen LogP contribution in [0.2, 0.25) is 0 Å². The van der Waals surface area contributed by atoms with E-state index in [2.05, 4.69) is 42.5 Å². The van der Waals surface area contributed by atoms with Crippen molar-refractivity contribution >= 4 is 33.1 Å². The third-order valence-corrected chi connectivity index (χ3v) is 7.36. The number of para-hydroxylation sites is 2. The Morgan fingerprint density at radius 2 is 1.89 bits per heavy atom. The highest BCUT2D eigenvalue weighted by atomic mass is 32.1. The Morgan fingerprint density at radius 3 is 2.75 bits per heavy atom. The van der Waals surface area contributed by atoms with Crippen molar-refractivity contribution in [3.05, 3.63) is 59.1 Å². The maximum absolute atomic E-state index is 13.0. The van der Waals surface area contributed by atoms with Gasteiger partial charge < -0.3 is 9.80 Å². The van der Waals surface area contributed by atoms with Crippen LogP contribution in [0.5, 0.6) is 0 Å². The third-order valence-electron chi connectivity index (χ3n) is 6.16. The molecule has 3 heterocycles. The lowest BCUT2D eigenvalue weighted by Gasteiger charge is -2.32. The molecule has 0 spiro atoms. The molecule has 1 amide bonds. The summed E-state index contributed by atoms with van der Waals surface area (Å²) in [4.78, 5) is 21.3. The van der Waals surface area contributed by atoms with Crippen LogP contribution < -0.4 is 9.80 Å². The van der Waals surface area contributed by atoms with Crippen LogP contribution in [-0.4, -0.2) is 37.1 Å². The Bertz CT molecular complexity index is 957. The van der Waals surface area contributed by atoms with Crippen molar-refractivity contribution in [2.45, 2.75) is 31.6 Å². The van der Waals surface area contributed by atoms with E-state index in [0.717, 1.165) is 56.5 Å². The highest BCUT2D eigenvalue weighted by molar-refractivity contribution is 7.18. The summed E-state index contributed by atoms with van der Waals surface area (Å²) in [6.45, 7) is 3.59. The Balaban J connectivity index is 1.21. The molecular formula is C23H26N3OS+. The summed E-state index contributed by atoms with van der Waals surface area (Å²) in [5.74, 6) is 0.826. The number of amides is 1. The number of nitrogens with one attached hydrogen (secondary N) is 1. The first kappa shape index (κ1) is 17.8. The van der Waals surface area contributed by atoms with Gasteiger partial charge in [-0.3, -0.25) is 4.79 Å². The van der Waals surface area contributed by atoms with Crippen molar-refractivity contribution in [1.29, 1.82) is 0 Å². The van der Waals surface area contributed by atoms with Crippen LogP contribution in [0.1, 0.15) is 35.8 Å². The van der Waals surface area contributed by atoms with Crippen LogP contribution in [0.25, 0.3) is 10.2 Å². The van der Waals surface area contributed by atoms with Gasteiger partial charge in [-0.05, 0) is 36.6 Å². The molecule has 1 saturated heterocycles. The first-order valence-electron chi connectivity index (χ1n) is 10.4. The van der Waals surface area contributed by atoms with E-state index in [1.807, 2.05) is 22.3 Å². The molecule has 0 unspecified atom stereocenters. The second-order valence-electron chi connectivity index (χ2n) is 8.00. The zero-order valence-electron chi connectivity index (χ0n) is 16.1. The van der Waals surface area contributed by atoms with Gasteiger partial charge in [0.2, 0.25) is 0 Å². The van der Waals surface area contributed by atoms with Gasteiger partial charge in [-0.1, -0.05) is 30.3 Å². The van der Waals surface area contributed by atoms with Gasteiger partial charge in [0.1, 0.15) is 0 Å². The van der Waals surface area contributed by atoms with Crippen molar-refractivity contribution in [2.24, 2.45) is 0 Å². The largest absolute Gasteiger partial charge is 0.327 e. The first-order chi connectivity index (χ1) is 13.8. The summed E-state index contributed by atoms with van der Waals surface area (Å²) < 4.78 is 1.28. The van der Waals surface area contributed by atoms with E-state index in [1.165, 1.54) is 20.2 Å². The first-order valence-corrected chi connectivity index (χ1v) is 11.2. The molecule has 1 fully saturated rings. The van der Waals surface area contributed by atoms with Crippen LogP contribution in [-0.2, 0) is 11.2 Å². The molecule has 2 aliphatic heterocycles. The number of benzene rings is 2. The second-order valence-corrected chi connectivity index (χ2v) is 9.06. The molecule has 2 aliphatic rings. The SMILES string of the molecule is O=C(C[NH+]1CCC(c2nc3ccccc3s2)CC1)N1CCCc2ccccc21. The van der Waals surface area contributed by atoms with Crippen molar-refractivity contribution in [1.82, 2.24) is 4.98 Å². The van der Waals surface area contributed by atoms with Crippen LogP contribution in [0.15, 0.2) is 48.5 Å². The number of aromatic nitrogens is 1. The summed E-state index contributed by atoms with van der Waals surface area (Å²) in [6, 6.07) is 16.8. The van der Waals surface area contributed by atoms with Crippen LogP contribution in [0, 0.1) is 0 Å². The molecule has 3 aromatic rings. The topological polar surface area (TPSA) is 37.6 Å². The number of thiazole rings is 1. The molecule has 0 radical (unpaired) electrons. The lowest BCUT2D eigenvalue weighted by molar-refractivity contribution is -0.897. The average Bonchev–Trinajstić information content (AvgIpc) is 3.18. The Morgan fingerprint density at radius 1 is 1.11 bits per heavy atom. The minimum absolute atomic E-state index is 0.278. The quantitative estimate of drug-likeness (QED) is 0.744. The number of carbonyl (C=O) groups is 1. The number of hydrogen-bond donors (Lipinski definition) is 1. The highest BCUT2D eigenvalue weighted by Gasteiger charge is 2.30. The number of piperidine rings is 1. The number of anilines is 1. The standard InChI is InChI=1S/C23H25N3OS/c27-22(26-13-5-7-17-6-1-3-9-20(17)26)16-25-14-11-18(12-15-25)23-24-19-8-2-4-10-21(19)28-23/h1-4,6,8-10,18H,5,7,11-16H2/p+1. The van der Waals surface area contributed by atoms with E-state index in [9.17, 15) is 4.79 Å². The van der Waals surface area contributed by atoms with Crippen molar-refractivity contribution in [3.63, 3.8) is 0 Å². The molecule has 0 aliphatic carbocycles. The molecule has 28 heavy (non-hydrogen) atoms. The van der Waals surface area contributed by atoms with E-state index >= 15 is 0 Å². The molecule has 144 valence electrons. The monoisotopic (exact) mass is 392 g/mol. The maximum Gasteiger partial charge on any atom is 0.282 e. The molecule has 0 bridgehead atoms. The summed E-state index contributed by atoms with van der Waals surface area (Å²) in [6.07, 6.45) is 4.40. The molecule has 2 aromatic carbocycles. The zero-order chi connectivity index (χ0) is 18.9. The van der Waals surface area contributed by atoms with Crippen LogP contribution in [0.3, 0.4) is 0 Å². The van der Waals surface area contributed by atoms with Crippen LogP contribution in [0.4, 0.5) is 5.69 Å². The molecule has 5 heteroatoms. The van der Waals surface area contributed by atoms with Gasteiger partial charge >= 0.3 is 0 Å². The summed E-state index contributed by atoms with van der Waals surface area (Å²) in [5.41, 5.74) is 3.56. The van der Waals surface area contributed by atoms with Gasteiger partial charge in [-0.2, -0.15) is 0 Å². The molecule has 5 rings (SSSR count). The number of aryl methyl sites for hydroxylation is 1. The summed E-state index contributed by atoms with van der Waals surface area (Å²) in [7, 11) is 0. The summed E-state index contributed by atoms with van der Waals surface area (Å²) >= 11 is 1.84. The molecule has 0 saturated carbocycles. The lowest BCUT2D eigenvalue weighted by atomic mass is 9.97. The van der Waals surface area contributed by atoms with Gasteiger partial charge in [0.05, 0.1) is 28.3 Å². The third kappa shape index (κ3) is 3.45. The van der Waals surface area contributed by atoms with Gasteiger partial charge in [0.15, 0.2) is 6.54 Å². The fraction of sp³-hybridized carbons (Fsp3) is 0.391. The number of quaternary nitrogens is 1. The predicted octanol–water partition coefficient (Wildman–Crippen LogP) is 3.04. The lowest BCUT2D eigenvalue weighted by Crippen LogP contribution is -3.14. The summed E-state index contributed by atoms with van der Waals surface area (Å²) in [5, 5.41) is 1.27. The van der Waals surface area contributed by atoms with E-state index < -0.39 is 0 Å². The normalized spacial score (nSPS) is 22.2. The van der Waals surface area contributed by atoms with E-state index in [4.69, 9.17) is 4.98 Å². The number of carbonyl (C=O) groups excluding carboxylic acids is 1. The fourth-order valence-corrected chi connectivity index (χ4v) is 5.75. The minimum Gasteiger partial charge on any atom is -0.327 e. The second kappa shape index (κ2) is 7.64. The van der Waals surface area contributed by atoms with Gasteiger partial charge in [-0.15, -0.1) is 11.3 Å². The molecule has 0 atom stereocenters. The van der Waals surface area contributed by atoms with Crippen molar-refractivity contribution < 1.29 is 9.69 Å². The number of fused-ring (bicyclic) bond motifs is 2. The van der Waals surface area contributed by atoms with Crippen molar-refractivity contribution in [2.75, 3.05) is 31.1 Å². The fourth-order valence-electron chi connectivity index (χ4n) is 4.62. The highest BCUT2D eigenvalue weighted by Crippen LogP contribution is 2.31. The number of hydrogen-bond acceptors (Lipinski definition) is 3. The van der Waals surface area contributed by atoms with E-state index in [-0.39, 0.29) is 5.91 Å². The molecule has 4 nitrogen and oxygen atoms in total. The van der Waals surface area contributed by atoms with Gasteiger partial charge in [0.25, 0.3) is 5.91 Å². The average molecular weight is 393 g/mol. The van der Waals surface area contributed by atoms with Crippen molar-refractivity contribution in [3.8, 4) is 0 Å².